The fourth-order valence-corrected chi connectivity index (χ4v) is 4.22. The Labute approximate surface area is 208 Å². The molecule has 1 fully saturated rings. The molecule has 2 aliphatic heterocycles. The van der Waals surface area contributed by atoms with E-state index < -0.39 is 0 Å². The van der Waals surface area contributed by atoms with Gasteiger partial charge in [0.25, 0.3) is 0 Å². The van der Waals surface area contributed by atoms with Crippen LogP contribution in [0.3, 0.4) is 0 Å². The van der Waals surface area contributed by atoms with Crippen LogP contribution in [-0.2, 0) is 11.3 Å². The predicted molar refractivity (Wildman–Crippen MR) is 141 cm³/mol. The van der Waals surface area contributed by atoms with Crippen LogP contribution in [0.4, 0.5) is 5.69 Å². The van der Waals surface area contributed by atoms with Crippen molar-refractivity contribution in [2.24, 2.45) is 4.99 Å². The van der Waals surface area contributed by atoms with Gasteiger partial charge >= 0.3 is 0 Å². The summed E-state index contributed by atoms with van der Waals surface area (Å²) in [5.74, 6) is 1.78. The quantitative estimate of drug-likeness (QED) is 0.326. The molecule has 6 nitrogen and oxygen atoms in total. The molecule has 1 unspecified atom stereocenters. The van der Waals surface area contributed by atoms with Crippen LogP contribution < -0.4 is 20.3 Å². The topological polar surface area (TPSA) is 58.1 Å². The smallest absolute Gasteiger partial charge is 0.192 e. The minimum atomic E-state index is -0.224. The largest absolute Gasteiger partial charge is 0.487 e. The van der Waals surface area contributed by atoms with Crippen LogP contribution in [0.25, 0.3) is 0 Å². The average molecular weight is 550 g/mol. The summed E-state index contributed by atoms with van der Waals surface area (Å²) in [4.78, 5) is 7.23. The second-order valence-corrected chi connectivity index (χ2v) is 8.76. The van der Waals surface area contributed by atoms with Gasteiger partial charge in [0.2, 0.25) is 0 Å². The number of anilines is 1. The van der Waals surface area contributed by atoms with Gasteiger partial charge in [-0.05, 0) is 44.5 Å². The van der Waals surface area contributed by atoms with E-state index in [9.17, 15) is 0 Å². The number of morpholine rings is 1. The predicted octanol–water partition coefficient (Wildman–Crippen LogP) is 4.50. The van der Waals surface area contributed by atoms with E-state index in [-0.39, 0.29) is 35.6 Å². The standard InChI is InChI=1S/C25H34N4O2.HI/c1-4-26-24(28-22-17-25(2,3)31-23-8-6-5-7-21(22)23)27-18-19-9-11-20(12-10-19)29-13-15-30-16-14-29;/h5-12,22H,4,13-18H2,1-3H3,(H2,26,27,28);1H. The first kappa shape index (κ1) is 24.6. The Kier molecular flexibility index (Phi) is 8.64. The van der Waals surface area contributed by atoms with Crippen LogP contribution in [0.5, 0.6) is 5.75 Å². The van der Waals surface area contributed by atoms with Gasteiger partial charge in [-0.3, -0.25) is 0 Å². The van der Waals surface area contributed by atoms with Crippen molar-refractivity contribution in [3.63, 3.8) is 0 Å². The first-order valence-electron chi connectivity index (χ1n) is 11.3. The number of guanidine groups is 1. The Balaban J connectivity index is 0.00000289. The lowest BCUT2D eigenvalue weighted by atomic mass is 9.90. The van der Waals surface area contributed by atoms with E-state index in [4.69, 9.17) is 14.5 Å². The molecule has 1 saturated heterocycles. The molecule has 1 atom stereocenters. The number of halogens is 1. The summed E-state index contributed by atoms with van der Waals surface area (Å²) < 4.78 is 11.6. The second kappa shape index (κ2) is 11.2. The third kappa shape index (κ3) is 6.28. The van der Waals surface area contributed by atoms with Crippen molar-refractivity contribution < 1.29 is 9.47 Å². The molecule has 2 aromatic carbocycles. The third-order valence-corrected chi connectivity index (χ3v) is 5.76. The van der Waals surface area contributed by atoms with Crippen molar-refractivity contribution in [1.82, 2.24) is 10.6 Å². The van der Waals surface area contributed by atoms with Crippen molar-refractivity contribution in [1.29, 1.82) is 0 Å². The van der Waals surface area contributed by atoms with Gasteiger partial charge in [-0.25, -0.2) is 4.99 Å². The fraction of sp³-hybridized carbons (Fsp3) is 0.480. The summed E-state index contributed by atoms with van der Waals surface area (Å²) in [6.45, 7) is 11.3. The molecule has 2 aromatic rings. The van der Waals surface area contributed by atoms with Crippen LogP contribution in [0.15, 0.2) is 53.5 Å². The maximum absolute atomic E-state index is 6.17. The monoisotopic (exact) mass is 550 g/mol. The van der Waals surface area contributed by atoms with Crippen molar-refractivity contribution in [3.05, 3.63) is 59.7 Å². The number of nitrogens with one attached hydrogen (secondary N) is 2. The highest BCUT2D eigenvalue weighted by atomic mass is 127. The highest BCUT2D eigenvalue weighted by Gasteiger charge is 2.33. The Morgan fingerprint density at radius 3 is 2.53 bits per heavy atom. The number of para-hydroxylation sites is 1. The number of hydrogen-bond donors (Lipinski definition) is 2. The molecule has 0 aromatic heterocycles. The van der Waals surface area contributed by atoms with Crippen molar-refractivity contribution in [2.45, 2.75) is 45.4 Å². The van der Waals surface area contributed by atoms with Crippen LogP contribution in [0.1, 0.15) is 44.4 Å². The van der Waals surface area contributed by atoms with E-state index in [1.807, 2.05) is 12.1 Å². The molecule has 0 radical (unpaired) electrons. The highest BCUT2D eigenvalue weighted by molar-refractivity contribution is 14.0. The molecule has 0 saturated carbocycles. The molecular formula is C25H35IN4O2. The summed E-state index contributed by atoms with van der Waals surface area (Å²) in [6, 6.07) is 17.1. The number of rotatable bonds is 5. The van der Waals surface area contributed by atoms with Gasteiger partial charge in [0, 0.05) is 37.3 Å². The molecule has 32 heavy (non-hydrogen) atoms. The first-order chi connectivity index (χ1) is 15.0. The molecule has 7 heteroatoms. The van der Waals surface area contributed by atoms with E-state index in [1.165, 1.54) is 16.8 Å². The summed E-state index contributed by atoms with van der Waals surface area (Å²) in [5.41, 5.74) is 3.41. The molecule has 0 aliphatic carbocycles. The summed E-state index contributed by atoms with van der Waals surface area (Å²) in [7, 11) is 0. The van der Waals surface area contributed by atoms with Crippen LogP contribution in [0.2, 0.25) is 0 Å². The highest BCUT2D eigenvalue weighted by Crippen LogP contribution is 2.39. The van der Waals surface area contributed by atoms with Crippen LogP contribution >= 0.6 is 24.0 Å². The fourth-order valence-electron chi connectivity index (χ4n) is 4.22. The lowest BCUT2D eigenvalue weighted by Gasteiger charge is -2.38. The zero-order chi connectivity index (χ0) is 21.7. The number of benzene rings is 2. The molecule has 2 N–H and O–H groups in total. The third-order valence-electron chi connectivity index (χ3n) is 5.76. The zero-order valence-electron chi connectivity index (χ0n) is 19.3. The van der Waals surface area contributed by atoms with E-state index in [1.54, 1.807) is 0 Å². The maximum atomic E-state index is 6.17. The molecule has 2 aliphatic rings. The molecular weight excluding hydrogens is 515 g/mol. The van der Waals surface area contributed by atoms with Crippen molar-refractivity contribution in [3.8, 4) is 5.75 Å². The Bertz CT molecular complexity index is 895. The van der Waals surface area contributed by atoms with Gasteiger partial charge in [-0.1, -0.05) is 30.3 Å². The van der Waals surface area contributed by atoms with Crippen molar-refractivity contribution >= 4 is 35.6 Å². The first-order valence-corrected chi connectivity index (χ1v) is 11.3. The molecule has 0 spiro atoms. The second-order valence-electron chi connectivity index (χ2n) is 8.76. The SMILES string of the molecule is CCNC(=NCc1ccc(N2CCOCC2)cc1)NC1CC(C)(C)Oc2ccccc21.I. The molecule has 174 valence electrons. The maximum Gasteiger partial charge on any atom is 0.192 e. The van der Waals surface area contributed by atoms with Gasteiger partial charge in [0.05, 0.1) is 25.8 Å². The van der Waals surface area contributed by atoms with E-state index >= 15 is 0 Å². The van der Waals surface area contributed by atoms with E-state index in [2.05, 4.69) is 72.7 Å². The van der Waals surface area contributed by atoms with Gasteiger partial charge in [-0.15, -0.1) is 24.0 Å². The summed E-state index contributed by atoms with van der Waals surface area (Å²) in [6.07, 6.45) is 0.878. The zero-order valence-corrected chi connectivity index (χ0v) is 21.6. The number of nitrogens with zero attached hydrogens (tertiary/aromatic N) is 2. The number of hydrogen-bond acceptors (Lipinski definition) is 4. The average Bonchev–Trinajstić information content (AvgIpc) is 2.78. The lowest BCUT2D eigenvalue weighted by molar-refractivity contribution is 0.0694. The van der Waals surface area contributed by atoms with Gasteiger partial charge in [0.1, 0.15) is 11.4 Å². The number of aliphatic imine (C=N–C) groups is 1. The molecule has 0 amide bonds. The minimum absolute atomic E-state index is 0. The van der Waals surface area contributed by atoms with Crippen LogP contribution in [0, 0.1) is 0 Å². The number of ether oxygens (including phenoxy) is 2. The van der Waals surface area contributed by atoms with Gasteiger partial charge in [0.15, 0.2) is 5.96 Å². The minimum Gasteiger partial charge on any atom is -0.487 e. The number of fused-ring (bicyclic) bond motifs is 1. The summed E-state index contributed by atoms with van der Waals surface area (Å²) >= 11 is 0. The van der Waals surface area contributed by atoms with Crippen LogP contribution in [-0.4, -0.2) is 44.4 Å². The van der Waals surface area contributed by atoms with Gasteiger partial charge in [-0.2, -0.15) is 0 Å². The molecule has 2 heterocycles. The molecule has 4 rings (SSSR count). The van der Waals surface area contributed by atoms with E-state index in [0.717, 1.165) is 51.0 Å². The van der Waals surface area contributed by atoms with E-state index in [0.29, 0.717) is 6.54 Å². The van der Waals surface area contributed by atoms with Gasteiger partial charge < -0.3 is 25.0 Å². The van der Waals surface area contributed by atoms with Crippen molar-refractivity contribution in [2.75, 3.05) is 37.7 Å². The summed E-state index contributed by atoms with van der Waals surface area (Å²) in [5, 5.41) is 7.04. The Morgan fingerprint density at radius 1 is 1.09 bits per heavy atom. The lowest BCUT2D eigenvalue weighted by Crippen LogP contribution is -2.45. The normalized spacial score (nSPS) is 19.9. The Hall–Kier alpha value is -2.00. The molecule has 0 bridgehead atoms. The Morgan fingerprint density at radius 2 is 1.81 bits per heavy atom.